The molecule has 4 aromatic rings. The van der Waals surface area contributed by atoms with Crippen molar-refractivity contribution >= 4 is 21.9 Å². The second-order valence-corrected chi connectivity index (χ2v) is 5.83. The fraction of sp³-hybridized carbons (Fsp3) is 0.150. The molecule has 0 bridgehead atoms. The van der Waals surface area contributed by atoms with Crippen molar-refractivity contribution in [1.82, 2.24) is 0 Å². The zero-order chi connectivity index (χ0) is 18.3. The van der Waals surface area contributed by atoms with E-state index in [1.165, 1.54) is 25.5 Å². The summed E-state index contributed by atoms with van der Waals surface area (Å²) in [6, 6.07) is 9.36. The molecular weight excluding hydrogens is 339 g/mol. The average molecular weight is 354 g/mol. The van der Waals surface area contributed by atoms with E-state index in [9.17, 15) is 9.18 Å². The van der Waals surface area contributed by atoms with Gasteiger partial charge < -0.3 is 18.3 Å². The Bertz CT molecular complexity index is 1170. The molecule has 0 N–H and O–H groups in total. The van der Waals surface area contributed by atoms with E-state index in [1.807, 2.05) is 0 Å². The number of fused-ring (bicyclic) bond motifs is 2. The molecule has 2 aromatic carbocycles. The normalized spacial score (nSPS) is 11.2. The summed E-state index contributed by atoms with van der Waals surface area (Å²) in [5.74, 6) is 0.656. The third kappa shape index (κ3) is 2.50. The van der Waals surface area contributed by atoms with Crippen LogP contribution in [0.3, 0.4) is 0 Å². The largest absolute Gasteiger partial charge is 0.490 e. The van der Waals surface area contributed by atoms with E-state index in [-0.39, 0.29) is 34.6 Å². The minimum Gasteiger partial charge on any atom is -0.490 e. The second-order valence-electron chi connectivity index (χ2n) is 5.83. The van der Waals surface area contributed by atoms with E-state index in [4.69, 9.17) is 18.3 Å². The van der Waals surface area contributed by atoms with Gasteiger partial charge in [-0.25, -0.2) is 4.39 Å². The molecule has 0 aliphatic carbocycles. The van der Waals surface area contributed by atoms with Gasteiger partial charge in [-0.3, -0.25) is 4.79 Å². The second kappa shape index (κ2) is 6.22. The molecular formula is C20H15FO5. The zero-order valence-electron chi connectivity index (χ0n) is 14.2. The number of ether oxygens (including phenoxy) is 2. The topological polar surface area (TPSA) is 61.8 Å². The molecule has 0 amide bonds. The van der Waals surface area contributed by atoms with Crippen LogP contribution in [0.2, 0.25) is 0 Å². The third-order valence-corrected chi connectivity index (χ3v) is 4.15. The van der Waals surface area contributed by atoms with E-state index in [2.05, 4.69) is 0 Å². The molecule has 0 unspecified atom stereocenters. The molecule has 0 atom stereocenters. The highest BCUT2D eigenvalue weighted by molar-refractivity contribution is 6.06. The number of halogens is 1. The molecule has 2 aromatic heterocycles. The van der Waals surface area contributed by atoms with E-state index in [0.717, 1.165) is 0 Å². The van der Waals surface area contributed by atoms with Crippen LogP contribution < -0.4 is 14.9 Å². The number of furan rings is 1. The number of methoxy groups -OCH3 is 1. The fourth-order valence-electron chi connectivity index (χ4n) is 2.99. The molecule has 132 valence electrons. The Balaban J connectivity index is 1.96. The van der Waals surface area contributed by atoms with Gasteiger partial charge in [-0.1, -0.05) is 18.2 Å². The van der Waals surface area contributed by atoms with Crippen molar-refractivity contribution in [3.05, 3.63) is 70.0 Å². The molecule has 0 radical (unpaired) electrons. The summed E-state index contributed by atoms with van der Waals surface area (Å²) >= 11 is 0. The van der Waals surface area contributed by atoms with E-state index < -0.39 is 0 Å². The van der Waals surface area contributed by atoms with Crippen molar-refractivity contribution in [1.29, 1.82) is 0 Å². The molecule has 0 fully saturated rings. The van der Waals surface area contributed by atoms with E-state index >= 15 is 0 Å². The maximum atomic E-state index is 13.9. The summed E-state index contributed by atoms with van der Waals surface area (Å²) in [5.41, 5.74) is 0.749. The fourth-order valence-corrected chi connectivity index (χ4v) is 2.99. The first-order chi connectivity index (χ1) is 12.6. The van der Waals surface area contributed by atoms with Gasteiger partial charge in [0.05, 0.1) is 18.8 Å². The minimum absolute atomic E-state index is 0.0400. The smallest absolute Gasteiger partial charge is 0.206 e. The Hall–Kier alpha value is -3.28. The Kier molecular flexibility index (Phi) is 3.88. The van der Waals surface area contributed by atoms with Gasteiger partial charge in [0, 0.05) is 11.6 Å². The van der Waals surface area contributed by atoms with Crippen molar-refractivity contribution in [2.24, 2.45) is 0 Å². The Morgan fingerprint density at radius 3 is 2.69 bits per heavy atom. The van der Waals surface area contributed by atoms with Crippen LogP contribution in [0, 0.1) is 12.7 Å². The summed E-state index contributed by atoms with van der Waals surface area (Å²) in [6.45, 7) is 1.63. The molecule has 2 heterocycles. The van der Waals surface area contributed by atoms with Crippen molar-refractivity contribution in [2.45, 2.75) is 13.5 Å². The molecule has 5 nitrogen and oxygen atoms in total. The maximum Gasteiger partial charge on any atom is 0.206 e. The number of aryl methyl sites for hydroxylation is 1. The lowest BCUT2D eigenvalue weighted by Crippen LogP contribution is -2.06. The summed E-state index contributed by atoms with van der Waals surface area (Å²) in [4.78, 5) is 12.6. The summed E-state index contributed by atoms with van der Waals surface area (Å²) in [5, 5.41) is 0.791. The minimum atomic E-state index is -0.378. The number of hydrogen-bond donors (Lipinski definition) is 0. The quantitative estimate of drug-likeness (QED) is 0.537. The predicted octanol–water partition coefficient (Wildman–Crippen LogP) is 4.57. The monoisotopic (exact) mass is 354 g/mol. The average Bonchev–Trinajstić information content (AvgIpc) is 3.09. The maximum absolute atomic E-state index is 13.9. The number of rotatable bonds is 4. The van der Waals surface area contributed by atoms with Gasteiger partial charge >= 0.3 is 0 Å². The Labute approximate surface area is 147 Å². The highest BCUT2D eigenvalue weighted by Crippen LogP contribution is 2.42. The van der Waals surface area contributed by atoms with Crippen LogP contribution in [0.15, 0.2) is 56.3 Å². The van der Waals surface area contributed by atoms with Crippen LogP contribution in [0.4, 0.5) is 4.39 Å². The lowest BCUT2D eigenvalue weighted by Gasteiger charge is -2.13. The van der Waals surface area contributed by atoms with Crippen molar-refractivity contribution in [3.63, 3.8) is 0 Å². The van der Waals surface area contributed by atoms with Gasteiger partial charge in [0.15, 0.2) is 16.6 Å². The standard InChI is InChI=1S/C20H15FO5/c1-11-9-15(22)16-17(25-10-12-5-3-4-6-14(12)21)13-7-8-24-18(13)20(23-2)19(16)26-11/h3-9H,10H2,1-2H3. The van der Waals surface area contributed by atoms with Crippen molar-refractivity contribution in [3.8, 4) is 11.5 Å². The molecule has 4 rings (SSSR count). The first kappa shape index (κ1) is 16.2. The molecule has 0 saturated carbocycles. The van der Waals surface area contributed by atoms with Gasteiger partial charge in [0.2, 0.25) is 5.75 Å². The van der Waals surface area contributed by atoms with Gasteiger partial charge in [0.1, 0.15) is 29.3 Å². The SMILES string of the molecule is COc1c2occc2c(OCc2ccccc2F)c2c(=O)cc(C)oc12. The molecule has 6 heteroatoms. The van der Waals surface area contributed by atoms with Gasteiger partial charge in [0.25, 0.3) is 0 Å². The highest BCUT2D eigenvalue weighted by Gasteiger charge is 2.23. The van der Waals surface area contributed by atoms with Gasteiger partial charge in [-0.2, -0.15) is 0 Å². The molecule has 0 spiro atoms. The Morgan fingerprint density at radius 2 is 1.92 bits per heavy atom. The van der Waals surface area contributed by atoms with Crippen LogP contribution in [0.25, 0.3) is 21.9 Å². The third-order valence-electron chi connectivity index (χ3n) is 4.15. The van der Waals surface area contributed by atoms with Gasteiger partial charge in [-0.15, -0.1) is 0 Å². The summed E-state index contributed by atoms with van der Waals surface area (Å²) in [6.07, 6.45) is 1.47. The molecule has 26 heavy (non-hydrogen) atoms. The van der Waals surface area contributed by atoms with E-state index in [1.54, 1.807) is 31.2 Å². The van der Waals surface area contributed by atoms with Crippen molar-refractivity contribution in [2.75, 3.05) is 7.11 Å². The highest BCUT2D eigenvalue weighted by atomic mass is 19.1. The van der Waals surface area contributed by atoms with Gasteiger partial charge in [-0.05, 0) is 19.1 Å². The summed E-state index contributed by atoms with van der Waals surface area (Å²) < 4.78 is 36.4. The molecule has 0 aliphatic rings. The lowest BCUT2D eigenvalue weighted by molar-refractivity contribution is 0.306. The Morgan fingerprint density at radius 1 is 1.12 bits per heavy atom. The van der Waals surface area contributed by atoms with Crippen LogP contribution in [-0.2, 0) is 6.61 Å². The van der Waals surface area contributed by atoms with Crippen LogP contribution in [0.1, 0.15) is 11.3 Å². The van der Waals surface area contributed by atoms with Crippen LogP contribution >= 0.6 is 0 Å². The molecule has 0 saturated heterocycles. The first-order valence-corrected chi connectivity index (χ1v) is 7.98. The number of hydrogen-bond acceptors (Lipinski definition) is 5. The van der Waals surface area contributed by atoms with Crippen molar-refractivity contribution < 1.29 is 22.7 Å². The zero-order valence-corrected chi connectivity index (χ0v) is 14.2. The predicted molar refractivity (Wildman–Crippen MR) is 94.3 cm³/mol. The number of benzene rings is 2. The van der Waals surface area contributed by atoms with Crippen LogP contribution in [0.5, 0.6) is 11.5 Å². The lowest BCUT2D eigenvalue weighted by atomic mass is 10.1. The summed E-state index contributed by atoms with van der Waals surface area (Å²) in [7, 11) is 1.47. The van der Waals surface area contributed by atoms with E-state index in [0.29, 0.717) is 28.0 Å². The first-order valence-electron chi connectivity index (χ1n) is 7.98. The van der Waals surface area contributed by atoms with Crippen LogP contribution in [-0.4, -0.2) is 7.11 Å². The molecule has 0 aliphatic heterocycles.